The normalized spacial score (nSPS) is 14.1. The summed E-state index contributed by atoms with van der Waals surface area (Å²) in [5.41, 5.74) is 7.45. The molecule has 0 radical (unpaired) electrons. The average molecular weight is 280 g/mol. The molecule has 1 amide bonds. The van der Waals surface area contributed by atoms with Crippen LogP contribution in [0.4, 0.5) is 0 Å². The molecule has 19 heavy (non-hydrogen) atoms. The molecule has 0 saturated heterocycles. The van der Waals surface area contributed by atoms with Gasteiger partial charge in [0.05, 0.1) is 5.54 Å². The van der Waals surface area contributed by atoms with Crippen molar-refractivity contribution in [3.05, 3.63) is 29.3 Å². The van der Waals surface area contributed by atoms with Crippen LogP contribution in [0.3, 0.4) is 0 Å². The molecule has 0 spiro atoms. The van der Waals surface area contributed by atoms with Gasteiger partial charge in [-0.05, 0) is 69.7 Å². The minimum Gasteiger partial charge on any atom is -0.368 e. The number of aryl methyl sites for hydroxylation is 2. The zero-order valence-electron chi connectivity index (χ0n) is 12.2. The summed E-state index contributed by atoms with van der Waals surface area (Å²) in [6.45, 7) is 6.11. The van der Waals surface area contributed by atoms with Crippen molar-refractivity contribution in [2.75, 3.05) is 12.8 Å². The number of carbonyl (C=O) groups excluding carboxylic acids is 1. The quantitative estimate of drug-likeness (QED) is 0.596. The van der Waals surface area contributed by atoms with E-state index in [0.717, 1.165) is 18.6 Å². The summed E-state index contributed by atoms with van der Waals surface area (Å²) in [5, 5.41) is 3.01. The van der Waals surface area contributed by atoms with Gasteiger partial charge in [0.2, 0.25) is 5.91 Å². The van der Waals surface area contributed by atoms with Gasteiger partial charge in [-0.15, -0.1) is 11.8 Å². The first kappa shape index (κ1) is 16.1. The Morgan fingerprint density at radius 3 is 2.58 bits per heavy atom. The molecule has 0 saturated carbocycles. The molecule has 0 fully saturated rings. The Morgan fingerprint density at radius 2 is 2.05 bits per heavy atom. The Morgan fingerprint density at radius 1 is 1.37 bits per heavy atom. The second kappa shape index (κ2) is 6.96. The van der Waals surface area contributed by atoms with Crippen LogP contribution in [0.15, 0.2) is 23.1 Å². The summed E-state index contributed by atoms with van der Waals surface area (Å²) in [4.78, 5) is 12.6. The first-order valence-electron chi connectivity index (χ1n) is 6.58. The van der Waals surface area contributed by atoms with Crippen molar-refractivity contribution >= 4 is 17.7 Å². The van der Waals surface area contributed by atoms with Gasteiger partial charge in [-0.1, -0.05) is 6.07 Å². The van der Waals surface area contributed by atoms with E-state index >= 15 is 0 Å². The largest absolute Gasteiger partial charge is 0.368 e. The summed E-state index contributed by atoms with van der Waals surface area (Å²) >= 11 is 1.83. The molecule has 1 unspecified atom stereocenters. The topological polar surface area (TPSA) is 55.1 Å². The lowest BCUT2D eigenvalue weighted by atomic mass is 9.96. The molecule has 3 nitrogen and oxygen atoms in total. The highest BCUT2D eigenvalue weighted by Crippen LogP contribution is 2.23. The van der Waals surface area contributed by atoms with E-state index in [9.17, 15) is 4.79 Å². The molecule has 0 heterocycles. The fourth-order valence-electron chi connectivity index (χ4n) is 1.79. The molecule has 1 aromatic rings. The van der Waals surface area contributed by atoms with Crippen LogP contribution in [0, 0.1) is 13.8 Å². The number of hydrogen-bond donors (Lipinski definition) is 2. The summed E-state index contributed by atoms with van der Waals surface area (Å²) in [6.07, 6.45) is 1.72. The van der Waals surface area contributed by atoms with E-state index in [1.54, 1.807) is 7.05 Å². The number of benzene rings is 1. The summed E-state index contributed by atoms with van der Waals surface area (Å²) < 4.78 is 0. The van der Waals surface area contributed by atoms with Crippen LogP contribution in [0.1, 0.15) is 30.9 Å². The summed E-state index contributed by atoms with van der Waals surface area (Å²) in [7, 11) is 1.78. The number of nitrogens with one attached hydrogen (secondary N) is 1. The number of likely N-dealkylation sites (N-methyl/N-ethyl adjacent to an activating group) is 1. The van der Waals surface area contributed by atoms with Crippen molar-refractivity contribution in [3.63, 3.8) is 0 Å². The van der Waals surface area contributed by atoms with Crippen LogP contribution in [0.25, 0.3) is 0 Å². The van der Waals surface area contributed by atoms with Gasteiger partial charge in [0, 0.05) is 4.90 Å². The predicted molar refractivity (Wildman–Crippen MR) is 82.5 cm³/mol. The third-order valence-corrected chi connectivity index (χ3v) is 4.74. The van der Waals surface area contributed by atoms with Crippen LogP contribution < -0.4 is 11.1 Å². The Labute approximate surface area is 120 Å². The van der Waals surface area contributed by atoms with E-state index in [0.29, 0.717) is 0 Å². The van der Waals surface area contributed by atoms with Crippen LogP contribution in [0.5, 0.6) is 0 Å². The number of rotatable bonds is 7. The van der Waals surface area contributed by atoms with Crippen molar-refractivity contribution in [1.82, 2.24) is 5.32 Å². The molecule has 0 aromatic heterocycles. The lowest BCUT2D eigenvalue weighted by Gasteiger charge is -2.25. The lowest BCUT2D eigenvalue weighted by molar-refractivity contribution is -0.123. The van der Waals surface area contributed by atoms with Gasteiger partial charge in [-0.3, -0.25) is 4.79 Å². The van der Waals surface area contributed by atoms with Gasteiger partial charge in [0.1, 0.15) is 0 Å². The number of amides is 1. The van der Waals surface area contributed by atoms with Crippen molar-refractivity contribution in [2.24, 2.45) is 5.73 Å². The SMILES string of the molecule is CNC(C)(CCCSc1ccc(C)c(C)c1)C(N)=O. The first-order chi connectivity index (χ1) is 8.89. The van der Waals surface area contributed by atoms with Crippen LogP contribution in [-0.4, -0.2) is 24.2 Å². The van der Waals surface area contributed by atoms with E-state index < -0.39 is 5.54 Å². The fourth-order valence-corrected chi connectivity index (χ4v) is 2.74. The van der Waals surface area contributed by atoms with Crippen molar-refractivity contribution in [3.8, 4) is 0 Å². The van der Waals surface area contributed by atoms with Gasteiger partial charge in [-0.25, -0.2) is 0 Å². The maximum absolute atomic E-state index is 11.4. The van der Waals surface area contributed by atoms with Gasteiger partial charge in [0.25, 0.3) is 0 Å². The molecule has 0 bridgehead atoms. The number of thioether (sulfide) groups is 1. The van der Waals surface area contributed by atoms with Crippen molar-refractivity contribution in [1.29, 1.82) is 0 Å². The molecule has 1 rings (SSSR count). The maximum atomic E-state index is 11.4. The Hall–Kier alpha value is -1.00. The van der Waals surface area contributed by atoms with E-state index in [2.05, 4.69) is 37.4 Å². The minimum atomic E-state index is -0.593. The van der Waals surface area contributed by atoms with Crippen molar-refractivity contribution < 1.29 is 4.79 Å². The standard InChI is InChI=1S/C15H24N2OS/c1-11-6-7-13(10-12(11)2)19-9-5-8-15(3,17-4)14(16)18/h6-7,10,17H,5,8-9H2,1-4H3,(H2,16,18). The zero-order chi connectivity index (χ0) is 14.5. The summed E-state index contributed by atoms with van der Waals surface area (Å²) in [6, 6.07) is 6.52. The molecule has 3 N–H and O–H groups in total. The molecule has 0 aliphatic carbocycles. The number of carbonyl (C=O) groups is 1. The van der Waals surface area contributed by atoms with E-state index in [1.165, 1.54) is 16.0 Å². The zero-order valence-corrected chi connectivity index (χ0v) is 13.1. The highest BCUT2D eigenvalue weighted by molar-refractivity contribution is 7.99. The van der Waals surface area contributed by atoms with Crippen LogP contribution in [-0.2, 0) is 4.79 Å². The van der Waals surface area contributed by atoms with E-state index in [1.807, 2.05) is 18.7 Å². The fraction of sp³-hybridized carbons (Fsp3) is 0.533. The van der Waals surface area contributed by atoms with Gasteiger partial charge in [-0.2, -0.15) is 0 Å². The third-order valence-electron chi connectivity index (χ3n) is 3.66. The van der Waals surface area contributed by atoms with Gasteiger partial charge in [0.15, 0.2) is 0 Å². The third kappa shape index (κ3) is 4.55. The van der Waals surface area contributed by atoms with Crippen LogP contribution >= 0.6 is 11.8 Å². The highest BCUT2D eigenvalue weighted by atomic mass is 32.2. The van der Waals surface area contributed by atoms with E-state index in [4.69, 9.17) is 5.73 Å². The molecule has 1 aromatic carbocycles. The predicted octanol–water partition coefficient (Wildman–Crippen LogP) is 2.64. The highest BCUT2D eigenvalue weighted by Gasteiger charge is 2.27. The lowest BCUT2D eigenvalue weighted by Crippen LogP contribution is -2.51. The van der Waals surface area contributed by atoms with E-state index in [-0.39, 0.29) is 5.91 Å². The molecule has 0 aliphatic heterocycles. The molecular weight excluding hydrogens is 256 g/mol. The number of nitrogens with two attached hydrogens (primary N) is 1. The second-order valence-electron chi connectivity index (χ2n) is 5.14. The van der Waals surface area contributed by atoms with Gasteiger partial charge >= 0.3 is 0 Å². The number of primary amides is 1. The molecule has 4 heteroatoms. The Balaban J connectivity index is 2.42. The minimum absolute atomic E-state index is 0.286. The molecule has 0 aliphatic rings. The number of hydrogen-bond acceptors (Lipinski definition) is 3. The second-order valence-corrected chi connectivity index (χ2v) is 6.31. The first-order valence-corrected chi connectivity index (χ1v) is 7.56. The maximum Gasteiger partial charge on any atom is 0.237 e. The van der Waals surface area contributed by atoms with Gasteiger partial charge < -0.3 is 11.1 Å². The Bertz CT molecular complexity index is 448. The monoisotopic (exact) mass is 280 g/mol. The van der Waals surface area contributed by atoms with Crippen molar-refractivity contribution in [2.45, 2.75) is 44.0 Å². The molecule has 1 atom stereocenters. The molecular formula is C15H24N2OS. The average Bonchev–Trinajstić information content (AvgIpc) is 2.38. The molecule has 106 valence electrons. The smallest absolute Gasteiger partial charge is 0.237 e. The van der Waals surface area contributed by atoms with Crippen LogP contribution in [0.2, 0.25) is 0 Å². The Kier molecular flexibility index (Phi) is 5.88. The summed E-state index contributed by atoms with van der Waals surface area (Å²) in [5.74, 6) is 0.707.